The van der Waals surface area contributed by atoms with Crippen molar-refractivity contribution in [2.24, 2.45) is 5.92 Å². The minimum absolute atomic E-state index is 0.131. The Hall–Kier alpha value is -0.660. The number of aliphatic hydroxyl groups is 1. The van der Waals surface area contributed by atoms with Crippen molar-refractivity contribution in [1.82, 2.24) is 4.72 Å². The summed E-state index contributed by atoms with van der Waals surface area (Å²) in [5.41, 5.74) is 0. The first-order valence-corrected chi connectivity index (χ1v) is 6.27. The molecular formula is C8H17NO5S. The van der Waals surface area contributed by atoms with Crippen LogP contribution < -0.4 is 4.72 Å². The van der Waals surface area contributed by atoms with Gasteiger partial charge in [0.1, 0.15) is 6.04 Å². The lowest BCUT2D eigenvalue weighted by Crippen LogP contribution is -2.44. The highest BCUT2D eigenvalue weighted by Gasteiger charge is 2.22. The molecule has 6 nitrogen and oxygen atoms in total. The number of rotatable bonds is 7. The van der Waals surface area contributed by atoms with Crippen LogP contribution in [-0.2, 0) is 14.8 Å². The summed E-state index contributed by atoms with van der Waals surface area (Å²) in [6, 6.07) is -1.46. The second-order valence-corrected chi connectivity index (χ2v) is 5.57. The van der Waals surface area contributed by atoms with Gasteiger partial charge in [0, 0.05) is 0 Å². The Balaban J connectivity index is 4.30. The zero-order valence-electron chi connectivity index (χ0n) is 8.80. The van der Waals surface area contributed by atoms with Crippen LogP contribution in [-0.4, -0.2) is 43.0 Å². The van der Waals surface area contributed by atoms with E-state index in [2.05, 4.69) is 0 Å². The molecule has 0 bridgehead atoms. The number of hydrogen-bond acceptors (Lipinski definition) is 4. The first-order chi connectivity index (χ1) is 6.78. The van der Waals surface area contributed by atoms with Gasteiger partial charge >= 0.3 is 5.97 Å². The van der Waals surface area contributed by atoms with E-state index >= 15 is 0 Å². The average molecular weight is 239 g/mol. The Morgan fingerprint density at radius 2 is 1.93 bits per heavy atom. The van der Waals surface area contributed by atoms with Gasteiger partial charge in [0.05, 0.1) is 12.4 Å². The van der Waals surface area contributed by atoms with Gasteiger partial charge in [-0.2, -0.15) is 4.72 Å². The van der Waals surface area contributed by atoms with E-state index in [4.69, 9.17) is 10.2 Å². The van der Waals surface area contributed by atoms with Crippen molar-refractivity contribution < 1.29 is 23.4 Å². The summed E-state index contributed by atoms with van der Waals surface area (Å²) in [7, 11) is -3.62. The van der Waals surface area contributed by atoms with E-state index in [1.165, 1.54) is 0 Å². The van der Waals surface area contributed by atoms with Gasteiger partial charge in [0.25, 0.3) is 0 Å². The van der Waals surface area contributed by atoms with Crippen LogP contribution in [0.1, 0.15) is 20.3 Å². The topological polar surface area (TPSA) is 104 Å². The first-order valence-electron chi connectivity index (χ1n) is 4.62. The van der Waals surface area contributed by atoms with Crippen LogP contribution in [0.15, 0.2) is 0 Å². The molecule has 3 N–H and O–H groups in total. The van der Waals surface area contributed by atoms with Gasteiger partial charge in [0.15, 0.2) is 0 Å². The predicted molar refractivity (Wildman–Crippen MR) is 54.9 cm³/mol. The minimum atomic E-state index is -3.62. The molecule has 0 aromatic carbocycles. The molecule has 0 aliphatic heterocycles. The van der Waals surface area contributed by atoms with Gasteiger partial charge < -0.3 is 10.2 Å². The lowest BCUT2D eigenvalue weighted by molar-refractivity contribution is -0.139. The van der Waals surface area contributed by atoms with E-state index in [0.29, 0.717) is 6.42 Å². The van der Waals surface area contributed by atoms with Gasteiger partial charge in [-0.3, -0.25) is 4.79 Å². The Morgan fingerprint density at radius 3 is 2.27 bits per heavy atom. The Labute approximate surface area is 89.4 Å². The molecule has 1 atom stereocenters. The molecule has 0 aliphatic rings. The summed E-state index contributed by atoms with van der Waals surface area (Å²) >= 11 is 0. The smallest absolute Gasteiger partial charge is 0.324 e. The van der Waals surface area contributed by atoms with E-state index in [9.17, 15) is 13.2 Å². The van der Waals surface area contributed by atoms with Crippen molar-refractivity contribution in [3.63, 3.8) is 0 Å². The SMILES string of the molecule is CC(C)CCS(=O)(=O)N[C@@H](CO)C(=O)O. The van der Waals surface area contributed by atoms with Gasteiger partial charge in [-0.1, -0.05) is 13.8 Å². The van der Waals surface area contributed by atoms with Crippen molar-refractivity contribution >= 4 is 16.0 Å². The summed E-state index contributed by atoms with van der Waals surface area (Å²) in [5, 5.41) is 17.2. The second-order valence-electron chi connectivity index (χ2n) is 3.69. The molecule has 90 valence electrons. The van der Waals surface area contributed by atoms with E-state index < -0.39 is 28.6 Å². The first kappa shape index (κ1) is 14.3. The van der Waals surface area contributed by atoms with Crippen molar-refractivity contribution in [1.29, 1.82) is 0 Å². The molecule has 15 heavy (non-hydrogen) atoms. The zero-order valence-corrected chi connectivity index (χ0v) is 9.62. The lowest BCUT2D eigenvalue weighted by atomic mass is 10.2. The fourth-order valence-corrected chi connectivity index (χ4v) is 2.34. The van der Waals surface area contributed by atoms with Gasteiger partial charge in [-0.15, -0.1) is 0 Å². The van der Waals surface area contributed by atoms with Crippen molar-refractivity contribution in [3.8, 4) is 0 Å². The molecular weight excluding hydrogens is 222 g/mol. The standard InChI is InChI=1S/C8H17NO5S/c1-6(2)3-4-15(13,14)9-7(5-10)8(11)12/h6-7,9-10H,3-5H2,1-2H3,(H,11,12)/t7-/m0/s1. The summed E-state index contributed by atoms with van der Waals surface area (Å²) < 4.78 is 24.6. The lowest BCUT2D eigenvalue weighted by Gasteiger charge is -2.12. The van der Waals surface area contributed by atoms with Crippen LogP contribution >= 0.6 is 0 Å². The van der Waals surface area contributed by atoms with Crippen molar-refractivity contribution in [2.75, 3.05) is 12.4 Å². The molecule has 0 rings (SSSR count). The van der Waals surface area contributed by atoms with Crippen LogP contribution in [0.4, 0.5) is 0 Å². The number of hydrogen-bond donors (Lipinski definition) is 3. The minimum Gasteiger partial charge on any atom is -0.480 e. The fourth-order valence-electron chi connectivity index (χ4n) is 0.832. The number of aliphatic carboxylic acids is 1. The van der Waals surface area contributed by atoms with Crippen LogP contribution in [0.2, 0.25) is 0 Å². The molecule has 0 saturated heterocycles. The molecule has 0 aromatic heterocycles. The molecule has 0 heterocycles. The Bertz CT molecular complexity index is 298. The van der Waals surface area contributed by atoms with E-state index in [0.717, 1.165) is 0 Å². The summed E-state index contributed by atoms with van der Waals surface area (Å²) in [6.07, 6.45) is 0.451. The molecule has 0 aliphatic carbocycles. The number of carboxylic acid groups (broad SMARTS) is 1. The van der Waals surface area contributed by atoms with Crippen LogP contribution in [0, 0.1) is 5.92 Å². The zero-order chi connectivity index (χ0) is 12.1. The van der Waals surface area contributed by atoms with Crippen LogP contribution in [0.25, 0.3) is 0 Å². The van der Waals surface area contributed by atoms with Crippen LogP contribution in [0.3, 0.4) is 0 Å². The molecule has 0 fully saturated rings. The number of carboxylic acids is 1. The van der Waals surface area contributed by atoms with E-state index in [1.54, 1.807) is 0 Å². The number of carbonyl (C=O) groups is 1. The Kier molecular flexibility index (Phi) is 5.77. The van der Waals surface area contributed by atoms with Gasteiger partial charge in [-0.05, 0) is 12.3 Å². The highest BCUT2D eigenvalue weighted by Crippen LogP contribution is 2.02. The number of nitrogens with one attached hydrogen (secondary N) is 1. The fraction of sp³-hybridized carbons (Fsp3) is 0.875. The third-order valence-electron chi connectivity index (χ3n) is 1.77. The molecule has 0 spiro atoms. The summed E-state index contributed by atoms with van der Waals surface area (Å²) in [4.78, 5) is 10.5. The molecule has 0 amide bonds. The molecule has 0 unspecified atom stereocenters. The third-order valence-corrected chi connectivity index (χ3v) is 3.18. The summed E-state index contributed by atoms with van der Waals surface area (Å²) in [5.74, 6) is -1.29. The normalized spacial score (nSPS) is 14.1. The quantitative estimate of drug-likeness (QED) is 0.550. The van der Waals surface area contributed by atoms with E-state index in [1.807, 2.05) is 18.6 Å². The third kappa shape index (κ3) is 6.43. The largest absolute Gasteiger partial charge is 0.480 e. The van der Waals surface area contributed by atoms with Gasteiger partial charge in [0.2, 0.25) is 10.0 Å². The molecule has 0 saturated carbocycles. The highest BCUT2D eigenvalue weighted by molar-refractivity contribution is 7.89. The van der Waals surface area contributed by atoms with Crippen molar-refractivity contribution in [2.45, 2.75) is 26.3 Å². The molecule has 0 aromatic rings. The monoisotopic (exact) mass is 239 g/mol. The maximum absolute atomic E-state index is 11.3. The maximum atomic E-state index is 11.3. The van der Waals surface area contributed by atoms with Crippen molar-refractivity contribution in [3.05, 3.63) is 0 Å². The van der Waals surface area contributed by atoms with E-state index in [-0.39, 0.29) is 11.7 Å². The maximum Gasteiger partial charge on any atom is 0.324 e. The Morgan fingerprint density at radius 1 is 1.40 bits per heavy atom. The molecule has 7 heteroatoms. The highest BCUT2D eigenvalue weighted by atomic mass is 32.2. The predicted octanol–water partition coefficient (Wildman–Crippen LogP) is -0.603. The number of sulfonamides is 1. The second kappa shape index (κ2) is 6.04. The summed E-state index contributed by atoms with van der Waals surface area (Å²) in [6.45, 7) is 2.99. The molecule has 0 radical (unpaired) electrons. The average Bonchev–Trinajstić information content (AvgIpc) is 2.11. The van der Waals surface area contributed by atoms with Gasteiger partial charge in [-0.25, -0.2) is 8.42 Å². The van der Waals surface area contributed by atoms with Crippen LogP contribution in [0.5, 0.6) is 0 Å². The number of aliphatic hydroxyl groups excluding tert-OH is 1.